The molecule has 120 valence electrons. The Hall–Kier alpha value is -1.97. The van der Waals surface area contributed by atoms with Crippen molar-refractivity contribution in [3.8, 4) is 5.75 Å². The Morgan fingerprint density at radius 3 is 3.00 bits per heavy atom. The Morgan fingerprint density at radius 1 is 1.32 bits per heavy atom. The fourth-order valence-electron chi connectivity index (χ4n) is 2.60. The van der Waals surface area contributed by atoms with Crippen molar-refractivity contribution in [1.29, 1.82) is 0 Å². The van der Waals surface area contributed by atoms with E-state index >= 15 is 0 Å². The van der Waals surface area contributed by atoms with Gasteiger partial charge in [-0.15, -0.1) is 0 Å². The van der Waals surface area contributed by atoms with Crippen LogP contribution in [0.15, 0.2) is 35.9 Å². The van der Waals surface area contributed by atoms with Gasteiger partial charge in [-0.3, -0.25) is 4.79 Å². The summed E-state index contributed by atoms with van der Waals surface area (Å²) < 4.78 is 5.44. The lowest BCUT2D eigenvalue weighted by Gasteiger charge is -2.13. The summed E-state index contributed by atoms with van der Waals surface area (Å²) in [5.74, 6) is 0.843. The first-order valence-electron chi connectivity index (χ1n) is 8.19. The molecule has 1 aromatic rings. The van der Waals surface area contributed by atoms with Crippen molar-refractivity contribution in [1.82, 2.24) is 5.32 Å². The van der Waals surface area contributed by atoms with Gasteiger partial charge >= 0.3 is 0 Å². The predicted octanol–water partition coefficient (Wildman–Crippen LogP) is 3.50. The number of ether oxygens (including phenoxy) is 1. The highest BCUT2D eigenvalue weighted by atomic mass is 16.5. The fraction of sp³-hybridized carbons (Fsp3) is 0.500. The number of hydrogen-bond acceptors (Lipinski definition) is 3. The minimum absolute atomic E-state index is 0.0261. The molecule has 22 heavy (non-hydrogen) atoms. The van der Waals surface area contributed by atoms with Crippen molar-refractivity contribution in [3.05, 3.63) is 35.9 Å². The average Bonchev–Trinajstić information content (AvgIpc) is 2.55. The predicted molar refractivity (Wildman–Crippen MR) is 90.3 cm³/mol. The Kier molecular flexibility index (Phi) is 6.81. The summed E-state index contributed by atoms with van der Waals surface area (Å²) in [4.78, 5) is 11.8. The van der Waals surface area contributed by atoms with Crippen molar-refractivity contribution in [2.24, 2.45) is 0 Å². The molecule has 0 heterocycles. The topological polar surface area (TPSA) is 50.4 Å². The standard InChI is InChI=1S/C18H26N2O2/c1-2-22-17-10-6-9-16(13-17)20-14-18(21)19-12-11-15-7-4-3-5-8-15/h6-7,9-10,13,20H,2-5,8,11-12,14H2,1H3,(H,19,21). The summed E-state index contributed by atoms with van der Waals surface area (Å²) in [5.41, 5.74) is 2.39. The van der Waals surface area contributed by atoms with E-state index in [9.17, 15) is 4.79 Å². The van der Waals surface area contributed by atoms with E-state index in [0.717, 1.165) is 24.4 Å². The molecular formula is C18H26N2O2. The fourth-order valence-corrected chi connectivity index (χ4v) is 2.60. The van der Waals surface area contributed by atoms with E-state index in [0.29, 0.717) is 6.61 Å². The molecule has 0 radical (unpaired) electrons. The highest BCUT2D eigenvalue weighted by Crippen LogP contribution is 2.19. The van der Waals surface area contributed by atoms with Gasteiger partial charge in [-0.2, -0.15) is 0 Å². The zero-order valence-corrected chi connectivity index (χ0v) is 13.4. The normalized spacial score (nSPS) is 14.1. The van der Waals surface area contributed by atoms with Crippen LogP contribution in [0.4, 0.5) is 5.69 Å². The maximum atomic E-state index is 11.8. The number of amides is 1. The van der Waals surface area contributed by atoms with Crippen LogP contribution < -0.4 is 15.4 Å². The first-order valence-corrected chi connectivity index (χ1v) is 8.19. The van der Waals surface area contributed by atoms with Crippen LogP contribution in [-0.2, 0) is 4.79 Å². The van der Waals surface area contributed by atoms with Crippen LogP contribution in [0, 0.1) is 0 Å². The van der Waals surface area contributed by atoms with E-state index in [2.05, 4.69) is 16.7 Å². The molecule has 0 aliphatic heterocycles. The highest BCUT2D eigenvalue weighted by molar-refractivity contribution is 5.80. The van der Waals surface area contributed by atoms with Crippen molar-refractivity contribution in [2.45, 2.75) is 39.0 Å². The lowest BCUT2D eigenvalue weighted by atomic mass is 9.97. The zero-order valence-electron chi connectivity index (χ0n) is 13.4. The summed E-state index contributed by atoms with van der Waals surface area (Å²) in [6, 6.07) is 7.67. The third-order valence-electron chi connectivity index (χ3n) is 3.75. The van der Waals surface area contributed by atoms with Gasteiger partial charge in [-0.05, 0) is 51.2 Å². The molecule has 4 nitrogen and oxygen atoms in total. The minimum atomic E-state index is 0.0261. The average molecular weight is 302 g/mol. The van der Waals surface area contributed by atoms with Gasteiger partial charge in [-0.1, -0.05) is 17.7 Å². The van der Waals surface area contributed by atoms with Gasteiger partial charge in [0.25, 0.3) is 0 Å². The van der Waals surface area contributed by atoms with Crippen molar-refractivity contribution in [3.63, 3.8) is 0 Å². The largest absolute Gasteiger partial charge is 0.494 e. The van der Waals surface area contributed by atoms with Crippen LogP contribution in [0.2, 0.25) is 0 Å². The third kappa shape index (κ3) is 5.80. The molecule has 0 saturated carbocycles. The number of hydrogen-bond donors (Lipinski definition) is 2. The zero-order chi connectivity index (χ0) is 15.6. The van der Waals surface area contributed by atoms with Crippen molar-refractivity contribution < 1.29 is 9.53 Å². The Balaban J connectivity index is 1.66. The molecule has 2 rings (SSSR count). The number of allylic oxidation sites excluding steroid dienone is 1. The monoisotopic (exact) mass is 302 g/mol. The Morgan fingerprint density at radius 2 is 2.23 bits per heavy atom. The first-order chi connectivity index (χ1) is 10.8. The van der Waals surface area contributed by atoms with Crippen LogP contribution in [-0.4, -0.2) is 25.6 Å². The second-order valence-electron chi connectivity index (χ2n) is 5.52. The van der Waals surface area contributed by atoms with Crippen molar-refractivity contribution >= 4 is 11.6 Å². The molecule has 1 aliphatic carbocycles. The molecule has 0 spiro atoms. The number of carbonyl (C=O) groups excluding carboxylic acids is 1. The lowest BCUT2D eigenvalue weighted by molar-refractivity contribution is -0.119. The lowest BCUT2D eigenvalue weighted by Crippen LogP contribution is -2.30. The summed E-state index contributed by atoms with van der Waals surface area (Å²) in [6.07, 6.45) is 8.29. The molecule has 0 saturated heterocycles. The number of benzene rings is 1. The molecule has 1 amide bonds. The molecule has 0 fully saturated rings. The first kappa shape index (κ1) is 16.4. The van der Waals surface area contributed by atoms with Gasteiger partial charge in [0.15, 0.2) is 0 Å². The molecule has 1 aromatic carbocycles. The van der Waals surface area contributed by atoms with Gasteiger partial charge < -0.3 is 15.4 Å². The molecule has 0 aromatic heterocycles. The van der Waals surface area contributed by atoms with Gasteiger partial charge in [0.1, 0.15) is 5.75 Å². The van der Waals surface area contributed by atoms with E-state index in [-0.39, 0.29) is 12.5 Å². The van der Waals surface area contributed by atoms with Gasteiger partial charge in [0, 0.05) is 18.3 Å². The van der Waals surface area contributed by atoms with E-state index in [1.54, 1.807) is 0 Å². The molecule has 0 atom stereocenters. The van der Waals surface area contributed by atoms with Gasteiger partial charge in [-0.25, -0.2) is 0 Å². The molecule has 4 heteroatoms. The SMILES string of the molecule is CCOc1cccc(NCC(=O)NCCC2=CCCCC2)c1. The summed E-state index contributed by atoms with van der Waals surface area (Å²) >= 11 is 0. The number of rotatable bonds is 8. The van der Waals surface area contributed by atoms with Crippen molar-refractivity contribution in [2.75, 3.05) is 25.0 Å². The van der Waals surface area contributed by atoms with E-state index in [1.165, 1.54) is 31.3 Å². The molecule has 0 unspecified atom stereocenters. The number of carbonyl (C=O) groups is 1. The van der Waals surface area contributed by atoms with Gasteiger partial charge in [0.05, 0.1) is 13.2 Å². The third-order valence-corrected chi connectivity index (χ3v) is 3.75. The maximum absolute atomic E-state index is 11.8. The highest BCUT2D eigenvalue weighted by Gasteiger charge is 2.05. The molecular weight excluding hydrogens is 276 g/mol. The quantitative estimate of drug-likeness (QED) is 0.723. The smallest absolute Gasteiger partial charge is 0.239 e. The summed E-state index contributed by atoms with van der Waals surface area (Å²) in [7, 11) is 0. The summed E-state index contributed by atoms with van der Waals surface area (Å²) in [6.45, 7) is 3.61. The second kappa shape index (κ2) is 9.13. The number of nitrogens with one attached hydrogen (secondary N) is 2. The minimum Gasteiger partial charge on any atom is -0.494 e. The van der Waals surface area contributed by atoms with E-state index in [1.807, 2.05) is 31.2 Å². The van der Waals surface area contributed by atoms with E-state index in [4.69, 9.17) is 4.74 Å². The van der Waals surface area contributed by atoms with E-state index < -0.39 is 0 Å². The molecule has 1 aliphatic rings. The Labute approximate surface area is 132 Å². The summed E-state index contributed by atoms with van der Waals surface area (Å²) in [5, 5.41) is 6.09. The van der Waals surface area contributed by atoms with Gasteiger partial charge in [0.2, 0.25) is 5.91 Å². The van der Waals surface area contributed by atoms with Crippen LogP contribution in [0.5, 0.6) is 5.75 Å². The van der Waals surface area contributed by atoms with Crippen LogP contribution >= 0.6 is 0 Å². The maximum Gasteiger partial charge on any atom is 0.239 e. The van der Waals surface area contributed by atoms with Crippen LogP contribution in [0.3, 0.4) is 0 Å². The molecule has 2 N–H and O–H groups in total. The van der Waals surface area contributed by atoms with Crippen LogP contribution in [0.1, 0.15) is 39.0 Å². The van der Waals surface area contributed by atoms with Crippen LogP contribution in [0.25, 0.3) is 0 Å². The number of anilines is 1. The Bertz CT molecular complexity index is 512. The molecule has 0 bridgehead atoms. The second-order valence-corrected chi connectivity index (χ2v) is 5.52.